The minimum atomic E-state index is -0.636. The Morgan fingerprint density at radius 3 is 2.55 bits per heavy atom. The quantitative estimate of drug-likeness (QED) is 0.638. The van der Waals surface area contributed by atoms with E-state index < -0.39 is 11.6 Å². The summed E-state index contributed by atoms with van der Waals surface area (Å²) in [5.41, 5.74) is 1.06. The van der Waals surface area contributed by atoms with Crippen molar-refractivity contribution in [3.63, 3.8) is 0 Å². The second-order valence-electron chi connectivity index (χ2n) is 3.91. The second kappa shape index (κ2) is 6.88. The second-order valence-corrected chi connectivity index (χ2v) is 4.18. The maximum atomic E-state index is 13.0. The molecule has 5 heteroatoms. The molecule has 0 saturated heterocycles. The summed E-state index contributed by atoms with van der Waals surface area (Å²) in [4.78, 5) is 3.97. The number of nitrogens with zero attached hydrogens (tertiary/aromatic N) is 1. The molecule has 0 spiro atoms. The van der Waals surface area contributed by atoms with Gasteiger partial charge in [0.2, 0.25) is 0 Å². The third-order valence-corrected chi connectivity index (χ3v) is 2.47. The van der Waals surface area contributed by atoms with Gasteiger partial charge in [-0.1, -0.05) is 11.8 Å². The molecule has 0 radical (unpaired) electrons. The smallest absolute Gasteiger partial charge is 0.139 e. The van der Waals surface area contributed by atoms with E-state index in [4.69, 9.17) is 16.3 Å². The zero-order valence-electron chi connectivity index (χ0n) is 10.4. The van der Waals surface area contributed by atoms with Crippen LogP contribution in [0.4, 0.5) is 8.78 Å². The molecule has 0 saturated carbocycles. The Morgan fingerprint density at radius 2 is 1.85 bits per heavy atom. The van der Waals surface area contributed by atoms with Crippen molar-refractivity contribution in [2.45, 2.75) is 6.61 Å². The molecule has 0 fully saturated rings. The molecule has 2 rings (SSSR count). The molecule has 20 heavy (non-hydrogen) atoms. The summed E-state index contributed by atoms with van der Waals surface area (Å²) in [5.74, 6) is 4.93. The van der Waals surface area contributed by atoms with Crippen LogP contribution in [0.3, 0.4) is 0 Å². The van der Waals surface area contributed by atoms with Crippen LogP contribution in [-0.2, 0) is 6.61 Å². The molecule has 0 aliphatic carbocycles. The van der Waals surface area contributed by atoms with Gasteiger partial charge < -0.3 is 4.74 Å². The summed E-state index contributed by atoms with van der Waals surface area (Å²) in [7, 11) is 0. The summed E-state index contributed by atoms with van der Waals surface area (Å²) in [6.07, 6.45) is 3.08. The van der Waals surface area contributed by atoms with Crippen LogP contribution in [0, 0.1) is 23.5 Å². The lowest BCUT2D eigenvalue weighted by Crippen LogP contribution is -1.98. The van der Waals surface area contributed by atoms with E-state index in [0.717, 1.165) is 6.07 Å². The monoisotopic (exact) mass is 293 g/mol. The van der Waals surface area contributed by atoms with Gasteiger partial charge in [-0.25, -0.2) is 8.78 Å². The van der Waals surface area contributed by atoms with Crippen LogP contribution in [0.25, 0.3) is 0 Å². The maximum absolute atomic E-state index is 13.0. The van der Waals surface area contributed by atoms with Crippen molar-refractivity contribution in [3.8, 4) is 17.6 Å². The minimum absolute atomic E-state index is 0.0444. The fourth-order valence-corrected chi connectivity index (χ4v) is 1.63. The first-order valence-corrected chi connectivity index (χ1v) is 6.28. The van der Waals surface area contributed by atoms with Crippen molar-refractivity contribution < 1.29 is 13.5 Å². The fourth-order valence-electron chi connectivity index (χ4n) is 1.56. The number of ether oxygens (including phenoxy) is 1. The summed E-state index contributed by atoms with van der Waals surface area (Å²) >= 11 is 5.47. The molecule has 0 bridgehead atoms. The zero-order valence-corrected chi connectivity index (χ0v) is 11.1. The van der Waals surface area contributed by atoms with Gasteiger partial charge >= 0.3 is 0 Å². The molecule has 0 unspecified atom stereocenters. The number of pyridine rings is 1. The normalized spacial score (nSPS) is 9.75. The van der Waals surface area contributed by atoms with Crippen LogP contribution in [0.5, 0.6) is 5.75 Å². The minimum Gasteiger partial charge on any atom is -0.487 e. The van der Waals surface area contributed by atoms with E-state index in [1.807, 2.05) is 0 Å². The molecular weight excluding hydrogens is 284 g/mol. The van der Waals surface area contributed by atoms with Crippen LogP contribution in [-0.4, -0.2) is 10.9 Å². The molecule has 2 aromatic rings. The van der Waals surface area contributed by atoms with Crippen LogP contribution >= 0.6 is 11.6 Å². The number of hydrogen-bond donors (Lipinski definition) is 0. The summed E-state index contributed by atoms with van der Waals surface area (Å²) in [6.45, 7) is 0.0444. The molecular formula is C15H10ClF2NO. The van der Waals surface area contributed by atoms with Gasteiger partial charge in [-0.15, -0.1) is 11.6 Å². The van der Waals surface area contributed by atoms with Crippen LogP contribution in [0.15, 0.2) is 36.7 Å². The number of alkyl halides is 1. The van der Waals surface area contributed by atoms with Crippen molar-refractivity contribution in [2.75, 3.05) is 5.88 Å². The SMILES string of the molecule is Fc1cc(F)cc(COc2cncc(C#CCCl)c2)c1. The van der Waals surface area contributed by atoms with Gasteiger partial charge in [0.15, 0.2) is 0 Å². The molecule has 2 nitrogen and oxygen atoms in total. The van der Waals surface area contributed by atoms with Gasteiger partial charge in [0.25, 0.3) is 0 Å². The van der Waals surface area contributed by atoms with Gasteiger partial charge in [0, 0.05) is 17.8 Å². The lowest BCUT2D eigenvalue weighted by atomic mass is 10.2. The predicted octanol–water partition coefficient (Wildman–Crippen LogP) is 3.53. The number of benzene rings is 1. The number of hydrogen-bond acceptors (Lipinski definition) is 2. The van der Waals surface area contributed by atoms with E-state index in [0.29, 0.717) is 16.9 Å². The highest BCUT2D eigenvalue weighted by molar-refractivity contribution is 6.19. The van der Waals surface area contributed by atoms with Crippen molar-refractivity contribution in [1.82, 2.24) is 4.98 Å². The van der Waals surface area contributed by atoms with E-state index in [-0.39, 0.29) is 12.5 Å². The first-order valence-electron chi connectivity index (χ1n) is 5.75. The molecule has 0 atom stereocenters. The third-order valence-electron chi connectivity index (χ3n) is 2.34. The largest absolute Gasteiger partial charge is 0.487 e. The van der Waals surface area contributed by atoms with Gasteiger partial charge in [0.05, 0.1) is 12.1 Å². The van der Waals surface area contributed by atoms with Gasteiger partial charge in [-0.05, 0) is 23.8 Å². The fraction of sp³-hybridized carbons (Fsp3) is 0.133. The van der Waals surface area contributed by atoms with Gasteiger partial charge in [-0.3, -0.25) is 4.98 Å². The highest BCUT2D eigenvalue weighted by atomic mass is 35.5. The molecule has 1 heterocycles. The van der Waals surface area contributed by atoms with E-state index >= 15 is 0 Å². The van der Waals surface area contributed by atoms with E-state index in [1.54, 1.807) is 12.3 Å². The van der Waals surface area contributed by atoms with E-state index in [9.17, 15) is 8.78 Å². The number of rotatable bonds is 3. The standard InChI is InChI=1S/C15H10ClF2NO/c16-3-1-2-11-6-15(9-19-8-11)20-10-12-4-13(17)7-14(18)5-12/h4-9H,3,10H2. The van der Waals surface area contributed by atoms with Crippen molar-refractivity contribution in [2.24, 2.45) is 0 Å². The van der Waals surface area contributed by atoms with Crippen molar-refractivity contribution >= 4 is 11.6 Å². The average molecular weight is 294 g/mol. The lowest BCUT2D eigenvalue weighted by molar-refractivity contribution is 0.303. The maximum Gasteiger partial charge on any atom is 0.139 e. The lowest BCUT2D eigenvalue weighted by Gasteiger charge is -2.06. The van der Waals surface area contributed by atoms with Crippen molar-refractivity contribution in [3.05, 3.63) is 59.4 Å². The molecule has 1 aromatic carbocycles. The zero-order chi connectivity index (χ0) is 14.4. The Hall–Kier alpha value is -2.12. The number of halogens is 3. The predicted molar refractivity (Wildman–Crippen MR) is 72.5 cm³/mol. The Labute approximate surface area is 120 Å². The molecule has 1 aromatic heterocycles. The average Bonchev–Trinajstić information content (AvgIpc) is 2.42. The Kier molecular flexibility index (Phi) is 4.91. The van der Waals surface area contributed by atoms with Crippen LogP contribution in [0.2, 0.25) is 0 Å². The first kappa shape index (κ1) is 14.3. The molecule has 102 valence electrons. The van der Waals surface area contributed by atoms with Gasteiger partial charge in [0.1, 0.15) is 24.0 Å². The van der Waals surface area contributed by atoms with E-state index in [1.165, 1.54) is 18.3 Å². The Balaban J connectivity index is 2.07. The molecule has 0 aliphatic rings. The van der Waals surface area contributed by atoms with Crippen LogP contribution in [0.1, 0.15) is 11.1 Å². The van der Waals surface area contributed by atoms with Crippen molar-refractivity contribution in [1.29, 1.82) is 0 Å². The Bertz CT molecular complexity index is 644. The highest BCUT2D eigenvalue weighted by Crippen LogP contribution is 2.14. The first-order chi connectivity index (χ1) is 9.67. The topological polar surface area (TPSA) is 22.1 Å². The summed E-state index contributed by atoms with van der Waals surface area (Å²) in [6, 6.07) is 4.93. The molecule has 0 aliphatic heterocycles. The highest BCUT2D eigenvalue weighted by Gasteiger charge is 2.02. The summed E-state index contributed by atoms with van der Waals surface area (Å²) in [5, 5.41) is 0. The molecule has 0 N–H and O–H groups in total. The Morgan fingerprint density at radius 1 is 1.10 bits per heavy atom. The summed E-state index contributed by atoms with van der Waals surface area (Å²) < 4.78 is 31.5. The van der Waals surface area contributed by atoms with E-state index in [2.05, 4.69) is 16.8 Å². The van der Waals surface area contributed by atoms with Crippen LogP contribution < -0.4 is 4.74 Å². The third kappa shape index (κ3) is 4.22. The number of aromatic nitrogens is 1. The molecule has 0 amide bonds. The van der Waals surface area contributed by atoms with Gasteiger partial charge in [-0.2, -0.15) is 0 Å².